The fraction of sp³-hybridized carbons (Fsp3) is 0.286. The summed E-state index contributed by atoms with van der Waals surface area (Å²) in [5.41, 5.74) is 2.12. The Labute approximate surface area is 157 Å². The van der Waals surface area contributed by atoms with E-state index in [0.29, 0.717) is 36.5 Å². The molecule has 6 nitrogen and oxygen atoms in total. The van der Waals surface area contributed by atoms with Gasteiger partial charge in [-0.1, -0.05) is 47.6 Å². The van der Waals surface area contributed by atoms with E-state index in [1.807, 2.05) is 24.3 Å². The van der Waals surface area contributed by atoms with E-state index in [1.165, 1.54) is 0 Å². The highest BCUT2D eigenvalue weighted by Gasteiger charge is 2.32. The topological polar surface area (TPSA) is 75.4 Å². The molecule has 3 aromatic rings. The number of likely N-dealkylation sites (tertiary alicyclic amines) is 1. The van der Waals surface area contributed by atoms with E-state index in [-0.39, 0.29) is 17.9 Å². The third kappa shape index (κ3) is 3.30. The summed E-state index contributed by atoms with van der Waals surface area (Å²) in [7, 11) is 0. The molecule has 1 N–H and O–H groups in total. The van der Waals surface area contributed by atoms with Gasteiger partial charge in [-0.15, -0.1) is 0 Å². The van der Waals surface area contributed by atoms with E-state index in [4.69, 9.17) is 4.52 Å². The molecule has 0 saturated carbocycles. The molecule has 1 fully saturated rings. The second-order valence-corrected chi connectivity index (χ2v) is 6.99. The quantitative estimate of drug-likeness (QED) is 0.773. The molecule has 1 aliphatic heterocycles. The molecule has 2 aromatic carbocycles. The van der Waals surface area contributed by atoms with Crippen LogP contribution in [0, 0.1) is 13.8 Å². The van der Waals surface area contributed by atoms with Crippen LogP contribution >= 0.6 is 0 Å². The molecule has 2 heterocycles. The zero-order valence-electron chi connectivity index (χ0n) is 15.4. The SMILES string of the molecule is Cc1noc(C)c1C(=O)N[C@H]1CC(=O)N(Cc2cccc3ccccc23)C1. The number of nitrogens with zero attached hydrogens (tertiary/aromatic N) is 2. The molecule has 0 radical (unpaired) electrons. The van der Waals surface area contributed by atoms with Gasteiger partial charge >= 0.3 is 0 Å². The van der Waals surface area contributed by atoms with Crippen molar-refractivity contribution in [2.75, 3.05) is 6.54 Å². The van der Waals surface area contributed by atoms with Crippen molar-refractivity contribution in [3.05, 3.63) is 65.0 Å². The number of nitrogens with one attached hydrogen (secondary N) is 1. The van der Waals surface area contributed by atoms with Gasteiger partial charge in [0.1, 0.15) is 11.3 Å². The molecular weight excluding hydrogens is 342 g/mol. The summed E-state index contributed by atoms with van der Waals surface area (Å²) in [4.78, 5) is 26.8. The molecule has 1 aliphatic rings. The summed E-state index contributed by atoms with van der Waals surface area (Å²) in [6.45, 7) is 4.48. The predicted octanol–water partition coefficient (Wildman–Crippen LogP) is 2.98. The van der Waals surface area contributed by atoms with Crippen molar-refractivity contribution in [3.63, 3.8) is 0 Å². The number of benzene rings is 2. The van der Waals surface area contributed by atoms with Crippen LogP contribution in [0.25, 0.3) is 10.8 Å². The molecule has 27 heavy (non-hydrogen) atoms. The Hall–Kier alpha value is -3.15. The first-order chi connectivity index (χ1) is 13.0. The largest absolute Gasteiger partial charge is 0.361 e. The monoisotopic (exact) mass is 363 g/mol. The van der Waals surface area contributed by atoms with Crippen molar-refractivity contribution >= 4 is 22.6 Å². The molecule has 1 saturated heterocycles. The van der Waals surface area contributed by atoms with Gasteiger partial charge in [0.15, 0.2) is 0 Å². The van der Waals surface area contributed by atoms with Crippen LogP contribution in [0.4, 0.5) is 0 Å². The van der Waals surface area contributed by atoms with Gasteiger partial charge in [0.2, 0.25) is 5.91 Å². The number of aromatic nitrogens is 1. The van der Waals surface area contributed by atoms with Gasteiger partial charge in [-0.2, -0.15) is 0 Å². The lowest BCUT2D eigenvalue weighted by molar-refractivity contribution is -0.128. The van der Waals surface area contributed by atoms with Crippen LogP contribution < -0.4 is 5.32 Å². The van der Waals surface area contributed by atoms with E-state index in [0.717, 1.165) is 16.3 Å². The number of carbonyl (C=O) groups excluding carboxylic acids is 2. The first-order valence-electron chi connectivity index (χ1n) is 9.01. The first kappa shape index (κ1) is 17.3. The zero-order valence-corrected chi connectivity index (χ0v) is 15.4. The Kier molecular flexibility index (Phi) is 4.39. The average Bonchev–Trinajstić information content (AvgIpc) is 3.16. The Morgan fingerprint density at radius 3 is 2.78 bits per heavy atom. The maximum Gasteiger partial charge on any atom is 0.257 e. The maximum atomic E-state index is 12.5. The van der Waals surface area contributed by atoms with Crippen LogP contribution in [0.1, 0.15) is 33.8 Å². The summed E-state index contributed by atoms with van der Waals surface area (Å²) >= 11 is 0. The number of hydrogen-bond acceptors (Lipinski definition) is 4. The fourth-order valence-corrected chi connectivity index (χ4v) is 3.72. The Balaban J connectivity index is 1.47. The normalized spacial score (nSPS) is 16.9. The molecule has 1 aromatic heterocycles. The molecule has 2 amide bonds. The van der Waals surface area contributed by atoms with Crippen molar-refractivity contribution in [1.29, 1.82) is 0 Å². The summed E-state index contributed by atoms with van der Waals surface area (Å²) < 4.78 is 5.05. The summed E-state index contributed by atoms with van der Waals surface area (Å²) in [5, 5.41) is 9.06. The lowest BCUT2D eigenvalue weighted by Crippen LogP contribution is -2.37. The molecule has 4 rings (SSSR count). The molecule has 1 atom stereocenters. The molecular formula is C21H21N3O3. The zero-order chi connectivity index (χ0) is 19.0. The second kappa shape index (κ2) is 6.87. The van der Waals surface area contributed by atoms with Crippen LogP contribution in [0.15, 0.2) is 47.0 Å². The standard InChI is InChI=1S/C21H21N3O3/c1-13-20(14(2)27-23-13)21(26)22-17-10-19(25)24(12-17)11-16-8-5-7-15-6-3-4-9-18(15)16/h3-9,17H,10-12H2,1-2H3,(H,22,26)/t17-/m0/s1. The van der Waals surface area contributed by atoms with Crippen LogP contribution in [-0.4, -0.2) is 34.5 Å². The second-order valence-electron chi connectivity index (χ2n) is 6.99. The van der Waals surface area contributed by atoms with Crippen molar-refractivity contribution in [2.24, 2.45) is 0 Å². The maximum absolute atomic E-state index is 12.5. The van der Waals surface area contributed by atoms with Gasteiger partial charge in [-0.3, -0.25) is 9.59 Å². The van der Waals surface area contributed by atoms with E-state index >= 15 is 0 Å². The summed E-state index contributed by atoms with van der Waals surface area (Å²) in [6, 6.07) is 14.1. The third-order valence-corrected chi connectivity index (χ3v) is 5.05. The first-order valence-corrected chi connectivity index (χ1v) is 9.01. The smallest absolute Gasteiger partial charge is 0.257 e. The number of fused-ring (bicyclic) bond motifs is 1. The van der Waals surface area contributed by atoms with Gasteiger partial charge in [0.25, 0.3) is 5.91 Å². The highest BCUT2D eigenvalue weighted by atomic mass is 16.5. The van der Waals surface area contributed by atoms with E-state index < -0.39 is 0 Å². The van der Waals surface area contributed by atoms with Crippen LogP contribution in [0.2, 0.25) is 0 Å². The van der Waals surface area contributed by atoms with E-state index in [2.05, 4.69) is 28.7 Å². The fourth-order valence-electron chi connectivity index (χ4n) is 3.72. The number of carbonyl (C=O) groups is 2. The Morgan fingerprint density at radius 2 is 2.00 bits per heavy atom. The van der Waals surface area contributed by atoms with Gasteiger partial charge in [0, 0.05) is 19.5 Å². The number of amides is 2. The number of aryl methyl sites for hydroxylation is 2. The van der Waals surface area contributed by atoms with Crippen LogP contribution in [-0.2, 0) is 11.3 Å². The van der Waals surface area contributed by atoms with Gasteiger partial charge < -0.3 is 14.7 Å². The lowest BCUT2D eigenvalue weighted by Gasteiger charge is -2.18. The molecule has 0 unspecified atom stereocenters. The molecule has 0 bridgehead atoms. The van der Waals surface area contributed by atoms with Gasteiger partial charge in [-0.25, -0.2) is 0 Å². The van der Waals surface area contributed by atoms with Crippen molar-refractivity contribution < 1.29 is 14.1 Å². The minimum atomic E-state index is -0.240. The average molecular weight is 363 g/mol. The number of hydrogen-bond donors (Lipinski definition) is 1. The number of rotatable bonds is 4. The highest BCUT2D eigenvalue weighted by Crippen LogP contribution is 2.23. The van der Waals surface area contributed by atoms with Crippen LogP contribution in [0.3, 0.4) is 0 Å². The lowest BCUT2D eigenvalue weighted by atomic mass is 10.0. The highest BCUT2D eigenvalue weighted by molar-refractivity contribution is 5.97. The molecule has 0 spiro atoms. The van der Waals surface area contributed by atoms with Gasteiger partial charge in [-0.05, 0) is 30.2 Å². The molecule has 138 valence electrons. The van der Waals surface area contributed by atoms with Crippen molar-refractivity contribution in [2.45, 2.75) is 32.9 Å². The summed E-state index contributed by atoms with van der Waals surface area (Å²) in [5.74, 6) is 0.296. The Morgan fingerprint density at radius 1 is 1.22 bits per heavy atom. The van der Waals surface area contributed by atoms with E-state index in [9.17, 15) is 9.59 Å². The minimum absolute atomic E-state index is 0.0481. The van der Waals surface area contributed by atoms with Gasteiger partial charge in [0.05, 0.1) is 11.7 Å². The minimum Gasteiger partial charge on any atom is -0.361 e. The Bertz CT molecular complexity index is 1000. The van der Waals surface area contributed by atoms with Crippen molar-refractivity contribution in [3.8, 4) is 0 Å². The predicted molar refractivity (Wildman–Crippen MR) is 101 cm³/mol. The summed E-state index contributed by atoms with van der Waals surface area (Å²) in [6.07, 6.45) is 0.305. The third-order valence-electron chi connectivity index (χ3n) is 5.05. The van der Waals surface area contributed by atoms with Crippen molar-refractivity contribution in [1.82, 2.24) is 15.4 Å². The molecule has 6 heteroatoms. The van der Waals surface area contributed by atoms with E-state index in [1.54, 1.807) is 18.7 Å². The molecule has 0 aliphatic carbocycles. The van der Waals surface area contributed by atoms with Crippen LogP contribution in [0.5, 0.6) is 0 Å².